The van der Waals surface area contributed by atoms with Crippen LogP contribution < -0.4 is 14.1 Å². The molecule has 28 heavy (non-hydrogen) atoms. The van der Waals surface area contributed by atoms with E-state index in [9.17, 15) is 4.79 Å². The first-order valence-electron chi connectivity index (χ1n) is 8.71. The number of amidine groups is 1. The molecule has 0 fully saturated rings. The number of hydrogen-bond donors (Lipinski definition) is 0. The second-order valence-corrected chi connectivity index (χ2v) is 9.36. The first-order chi connectivity index (χ1) is 13.6. The predicted molar refractivity (Wildman–Crippen MR) is 117 cm³/mol. The van der Waals surface area contributed by atoms with Crippen LogP contribution in [-0.2, 0) is 4.79 Å². The second kappa shape index (κ2) is 8.15. The Morgan fingerprint density at radius 2 is 1.82 bits per heavy atom. The van der Waals surface area contributed by atoms with E-state index < -0.39 is 0 Å². The number of hydrogen-bond acceptors (Lipinski definition) is 4. The van der Waals surface area contributed by atoms with Crippen LogP contribution in [0.25, 0.3) is 6.08 Å². The molecular formula is C22H18N2O2SSe. The number of carbonyl (C=O) groups excluding carboxylic acids is 1. The summed E-state index contributed by atoms with van der Waals surface area (Å²) in [7, 11) is 1.63. The molecule has 4 rings (SSSR count). The summed E-state index contributed by atoms with van der Waals surface area (Å²) in [6.45, 7) is 2.07. The molecule has 0 saturated carbocycles. The van der Waals surface area contributed by atoms with E-state index in [0.29, 0.717) is 5.70 Å². The van der Waals surface area contributed by atoms with Crippen LogP contribution in [0.3, 0.4) is 0 Å². The Bertz CT molecular complexity index is 1040. The summed E-state index contributed by atoms with van der Waals surface area (Å²) in [6.07, 6.45) is 1.86. The van der Waals surface area contributed by atoms with Gasteiger partial charge in [0.1, 0.15) is 0 Å². The van der Waals surface area contributed by atoms with Crippen LogP contribution in [-0.4, -0.2) is 32.7 Å². The summed E-state index contributed by atoms with van der Waals surface area (Å²) in [6, 6.07) is 19.9. The van der Waals surface area contributed by atoms with Crippen molar-refractivity contribution in [3.05, 3.63) is 82.2 Å². The third-order valence-corrected chi connectivity index (χ3v) is 7.05. The molecule has 4 nitrogen and oxygen atoms in total. The quantitative estimate of drug-likeness (QED) is 0.435. The average molecular weight is 453 g/mol. The number of anilines is 1. The Kier molecular flexibility index (Phi) is 5.44. The van der Waals surface area contributed by atoms with Gasteiger partial charge in [0.25, 0.3) is 0 Å². The van der Waals surface area contributed by atoms with Gasteiger partial charge in [-0.3, -0.25) is 0 Å². The van der Waals surface area contributed by atoms with Crippen molar-refractivity contribution in [3.63, 3.8) is 0 Å². The average Bonchev–Trinajstić information content (AvgIpc) is 3.32. The van der Waals surface area contributed by atoms with Crippen LogP contribution in [0.5, 0.6) is 5.75 Å². The van der Waals surface area contributed by atoms with Gasteiger partial charge in [-0.2, -0.15) is 0 Å². The van der Waals surface area contributed by atoms with Gasteiger partial charge < -0.3 is 0 Å². The Hall–Kier alpha value is -2.66. The van der Waals surface area contributed by atoms with Gasteiger partial charge in [0.2, 0.25) is 0 Å². The van der Waals surface area contributed by atoms with Crippen molar-refractivity contribution in [3.8, 4) is 5.75 Å². The van der Waals surface area contributed by atoms with Crippen molar-refractivity contribution >= 4 is 53.2 Å². The van der Waals surface area contributed by atoms with Crippen LogP contribution in [0.2, 0.25) is 0 Å². The summed E-state index contributed by atoms with van der Waals surface area (Å²) in [4.78, 5) is 20.6. The van der Waals surface area contributed by atoms with Gasteiger partial charge >= 0.3 is 175 Å². The molecule has 0 bridgehead atoms. The van der Waals surface area contributed by atoms with Crippen molar-refractivity contribution in [1.29, 1.82) is 0 Å². The van der Waals surface area contributed by atoms with Crippen LogP contribution in [0.1, 0.15) is 10.4 Å². The minimum atomic E-state index is -0.0949. The molecule has 0 radical (unpaired) electrons. The molecule has 6 heteroatoms. The number of rotatable bonds is 5. The number of methoxy groups -OCH3 is 1. The Morgan fingerprint density at radius 1 is 1.07 bits per heavy atom. The van der Waals surface area contributed by atoms with Gasteiger partial charge in [-0.05, 0) is 0 Å². The molecule has 1 amide bonds. The van der Waals surface area contributed by atoms with E-state index in [-0.39, 0.29) is 20.9 Å². The zero-order valence-corrected chi connectivity index (χ0v) is 18.0. The van der Waals surface area contributed by atoms with Gasteiger partial charge in [0.05, 0.1) is 0 Å². The fraction of sp³-hybridized carbons (Fsp3) is 0.0909. The van der Waals surface area contributed by atoms with Crippen molar-refractivity contribution in [1.82, 2.24) is 0 Å². The zero-order chi connectivity index (χ0) is 19.5. The van der Waals surface area contributed by atoms with Gasteiger partial charge in [0, 0.05) is 0 Å². The van der Waals surface area contributed by atoms with Crippen molar-refractivity contribution in [2.45, 2.75) is 6.92 Å². The number of amides is 1. The van der Waals surface area contributed by atoms with E-state index in [0.717, 1.165) is 21.0 Å². The van der Waals surface area contributed by atoms with Gasteiger partial charge in [-0.1, -0.05) is 0 Å². The molecule has 1 aliphatic heterocycles. The Balaban J connectivity index is 1.71. The van der Waals surface area contributed by atoms with Gasteiger partial charge in [0.15, 0.2) is 0 Å². The maximum atomic E-state index is 13.2. The monoisotopic (exact) mass is 454 g/mol. The normalized spacial score (nSPS) is 15.2. The molecule has 0 aliphatic carbocycles. The van der Waals surface area contributed by atoms with E-state index in [1.807, 2.05) is 47.9 Å². The molecule has 0 N–H and O–H groups in total. The van der Waals surface area contributed by atoms with Crippen LogP contribution in [0.4, 0.5) is 5.69 Å². The second-order valence-electron chi connectivity index (χ2n) is 6.19. The molecule has 3 aromatic rings. The number of ether oxygens (including phenoxy) is 1. The molecule has 1 aromatic heterocycles. The van der Waals surface area contributed by atoms with Crippen LogP contribution >= 0.6 is 11.3 Å². The number of benzene rings is 2. The Labute approximate surface area is 174 Å². The molecular weight excluding hydrogens is 435 g/mol. The van der Waals surface area contributed by atoms with E-state index >= 15 is 0 Å². The van der Waals surface area contributed by atoms with Crippen LogP contribution in [0, 0.1) is 6.92 Å². The number of nitrogens with zero attached hydrogens (tertiary/aromatic N) is 2. The van der Waals surface area contributed by atoms with Gasteiger partial charge in [-0.15, -0.1) is 0 Å². The van der Waals surface area contributed by atoms with E-state index in [1.165, 1.54) is 10.0 Å². The van der Waals surface area contributed by atoms with E-state index in [1.54, 1.807) is 23.3 Å². The standard InChI is InChI=1S/C22H18N2O2SSe/c1-15-5-11-19(12-6-15)28-22-23-20(14-18-4-3-13-27-18)21(25)24(22)16-7-9-17(26-2)10-8-16/h3-14H,1-2H3/b20-14-. The summed E-state index contributed by atoms with van der Waals surface area (Å²) >= 11 is 1.50. The molecule has 1 aliphatic rings. The summed E-state index contributed by atoms with van der Waals surface area (Å²) < 4.78 is 7.21. The predicted octanol–water partition coefficient (Wildman–Crippen LogP) is 3.84. The van der Waals surface area contributed by atoms with Crippen LogP contribution in [0.15, 0.2) is 76.7 Å². The molecule has 0 saturated heterocycles. The van der Waals surface area contributed by atoms with E-state index in [2.05, 4.69) is 31.2 Å². The fourth-order valence-electron chi connectivity index (χ4n) is 2.74. The summed E-state index contributed by atoms with van der Waals surface area (Å²) in [5.74, 6) is 0.662. The molecule has 2 heterocycles. The fourth-order valence-corrected chi connectivity index (χ4v) is 5.30. The van der Waals surface area contributed by atoms with Crippen molar-refractivity contribution < 1.29 is 9.53 Å². The topological polar surface area (TPSA) is 41.9 Å². The first kappa shape index (κ1) is 18.7. The van der Waals surface area contributed by atoms with Crippen molar-refractivity contribution in [2.75, 3.05) is 12.0 Å². The third kappa shape index (κ3) is 3.94. The molecule has 140 valence electrons. The first-order valence-corrected chi connectivity index (χ1v) is 11.3. The van der Waals surface area contributed by atoms with Crippen molar-refractivity contribution in [2.24, 2.45) is 4.99 Å². The summed E-state index contributed by atoms with van der Waals surface area (Å²) in [5, 5.41) is 1.99. The molecule has 0 atom stereocenters. The van der Waals surface area contributed by atoms with E-state index in [4.69, 9.17) is 9.73 Å². The third-order valence-electron chi connectivity index (χ3n) is 4.21. The minimum absolute atomic E-state index is 0.0890. The maximum absolute atomic E-state index is 13.2. The van der Waals surface area contributed by atoms with Gasteiger partial charge in [-0.25, -0.2) is 0 Å². The molecule has 2 aromatic carbocycles. The zero-order valence-electron chi connectivity index (χ0n) is 15.5. The number of aliphatic imine (C=N–C) groups is 1. The summed E-state index contributed by atoms with van der Waals surface area (Å²) in [5.41, 5.74) is 2.49. The number of thiophene rings is 1. The Morgan fingerprint density at radius 3 is 2.46 bits per heavy atom. The number of carbonyl (C=O) groups is 1. The molecule has 0 spiro atoms. The SMILES string of the molecule is COc1ccc(N2C(=O)/C(=C/c3cccs3)N=C2[Se]c2ccc(C)cc2)cc1. The molecule has 0 unspecified atom stereocenters. The number of aryl methyl sites for hydroxylation is 1.